The molecule has 0 atom stereocenters. The maximum atomic E-state index is 13.8. The molecule has 0 bridgehead atoms. The second-order valence-electron chi connectivity index (χ2n) is 6.75. The van der Waals surface area contributed by atoms with E-state index in [0.717, 1.165) is 25.7 Å². The molecule has 1 aromatic carbocycles. The maximum Gasteiger partial charge on any atom is 0.129 e. The third kappa shape index (κ3) is 3.14. The predicted octanol–water partition coefficient (Wildman–Crippen LogP) is 4.05. The topological polar surface area (TPSA) is 26.0 Å². The first kappa shape index (κ1) is 14.4. The molecule has 1 nitrogen and oxygen atoms in total. The standard InChI is InChI=1S/C16H23F2N/c1-15(2)6-8-16(11-19,9-7-15)10-12-13(17)4-3-5-14(12)18/h3-5H,6-11,19H2,1-2H3. The van der Waals surface area contributed by atoms with Gasteiger partial charge >= 0.3 is 0 Å². The zero-order valence-electron chi connectivity index (χ0n) is 11.8. The quantitative estimate of drug-likeness (QED) is 0.878. The molecule has 2 N–H and O–H groups in total. The third-order valence-electron chi connectivity index (χ3n) is 4.71. The lowest BCUT2D eigenvalue weighted by Gasteiger charge is -2.43. The Kier molecular flexibility index (Phi) is 3.95. The van der Waals surface area contributed by atoms with Gasteiger partial charge in [0.05, 0.1) is 0 Å². The Morgan fingerprint density at radius 1 is 1.05 bits per heavy atom. The van der Waals surface area contributed by atoms with Gasteiger partial charge in [-0.1, -0.05) is 19.9 Å². The normalized spacial score (nSPS) is 21.3. The van der Waals surface area contributed by atoms with Gasteiger partial charge in [0.15, 0.2) is 0 Å². The first-order valence-corrected chi connectivity index (χ1v) is 7.01. The van der Waals surface area contributed by atoms with E-state index >= 15 is 0 Å². The van der Waals surface area contributed by atoms with Gasteiger partial charge in [0.2, 0.25) is 0 Å². The van der Waals surface area contributed by atoms with Crippen molar-refractivity contribution in [2.75, 3.05) is 6.54 Å². The molecule has 1 aliphatic carbocycles. The van der Waals surface area contributed by atoms with Crippen LogP contribution in [-0.4, -0.2) is 6.54 Å². The van der Waals surface area contributed by atoms with Crippen LogP contribution in [0.4, 0.5) is 8.78 Å². The first-order valence-electron chi connectivity index (χ1n) is 7.01. The number of halogens is 2. The molecule has 1 aliphatic rings. The van der Waals surface area contributed by atoms with Gasteiger partial charge in [-0.05, 0) is 61.6 Å². The van der Waals surface area contributed by atoms with Crippen LogP contribution in [0.3, 0.4) is 0 Å². The fraction of sp³-hybridized carbons (Fsp3) is 0.625. The van der Waals surface area contributed by atoms with Gasteiger partial charge in [-0.2, -0.15) is 0 Å². The van der Waals surface area contributed by atoms with Gasteiger partial charge < -0.3 is 5.73 Å². The van der Waals surface area contributed by atoms with Crippen LogP contribution in [0.15, 0.2) is 18.2 Å². The average Bonchev–Trinajstić information content (AvgIpc) is 2.37. The third-order valence-corrected chi connectivity index (χ3v) is 4.71. The van der Waals surface area contributed by atoms with Gasteiger partial charge in [0, 0.05) is 5.56 Å². The average molecular weight is 267 g/mol. The summed E-state index contributed by atoms with van der Waals surface area (Å²) in [6, 6.07) is 4.07. The van der Waals surface area contributed by atoms with Crippen molar-refractivity contribution in [3.63, 3.8) is 0 Å². The van der Waals surface area contributed by atoms with Crippen molar-refractivity contribution in [3.05, 3.63) is 35.4 Å². The monoisotopic (exact) mass is 267 g/mol. The second-order valence-corrected chi connectivity index (χ2v) is 6.75. The van der Waals surface area contributed by atoms with Crippen LogP contribution in [-0.2, 0) is 6.42 Å². The van der Waals surface area contributed by atoms with Crippen LogP contribution >= 0.6 is 0 Å². The minimum absolute atomic E-state index is 0.140. The fourth-order valence-electron chi connectivity index (χ4n) is 2.99. The molecule has 1 aromatic rings. The highest BCUT2D eigenvalue weighted by molar-refractivity contribution is 5.21. The van der Waals surface area contributed by atoms with Crippen molar-refractivity contribution in [2.24, 2.45) is 16.6 Å². The molecule has 3 heteroatoms. The Morgan fingerprint density at radius 3 is 2.05 bits per heavy atom. The van der Waals surface area contributed by atoms with Gasteiger partial charge in [-0.25, -0.2) is 8.78 Å². The Bertz CT molecular complexity index is 424. The summed E-state index contributed by atoms with van der Waals surface area (Å²) in [5.41, 5.74) is 6.32. The van der Waals surface area contributed by atoms with Crippen molar-refractivity contribution in [2.45, 2.75) is 46.0 Å². The van der Waals surface area contributed by atoms with Gasteiger partial charge in [0.1, 0.15) is 11.6 Å². The Hall–Kier alpha value is -0.960. The molecule has 0 heterocycles. The number of benzene rings is 1. The van der Waals surface area contributed by atoms with Crippen molar-refractivity contribution in [1.82, 2.24) is 0 Å². The predicted molar refractivity (Wildman–Crippen MR) is 73.8 cm³/mol. The highest BCUT2D eigenvalue weighted by Crippen LogP contribution is 2.46. The lowest BCUT2D eigenvalue weighted by molar-refractivity contribution is 0.106. The van der Waals surface area contributed by atoms with E-state index in [-0.39, 0.29) is 11.0 Å². The highest BCUT2D eigenvalue weighted by atomic mass is 19.1. The first-order chi connectivity index (χ1) is 8.87. The Labute approximate surface area is 114 Å². The van der Waals surface area contributed by atoms with Crippen LogP contribution in [0.25, 0.3) is 0 Å². The van der Waals surface area contributed by atoms with Crippen LogP contribution in [0, 0.1) is 22.5 Å². The number of nitrogens with two attached hydrogens (primary N) is 1. The minimum Gasteiger partial charge on any atom is -0.330 e. The molecule has 0 radical (unpaired) electrons. The Morgan fingerprint density at radius 2 is 1.58 bits per heavy atom. The van der Waals surface area contributed by atoms with Gasteiger partial charge in [0.25, 0.3) is 0 Å². The van der Waals surface area contributed by atoms with Gasteiger partial charge in [-0.3, -0.25) is 0 Å². The zero-order valence-corrected chi connectivity index (χ0v) is 11.8. The van der Waals surface area contributed by atoms with E-state index in [1.165, 1.54) is 18.2 Å². The van der Waals surface area contributed by atoms with Crippen LogP contribution in [0.1, 0.15) is 45.1 Å². The van der Waals surface area contributed by atoms with Crippen molar-refractivity contribution >= 4 is 0 Å². The van der Waals surface area contributed by atoms with E-state index < -0.39 is 11.6 Å². The molecule has 19 heavy (non-hydrogen) atoms. The molecule has 2 rings (SSSR count). The molecule has 1 saturated carbocycles. The van der Waals surface area contributed by atoms with Crippen molar-refractivity contribution in [3.8, 4) is 0 Å². The van der Waals surface area contributed by atoms with E-state index in [0.29, 0.717) is 18.4 Å². The lowest BCUT2D eigenvalue weighted by Crippen LogP contribution is -2.39. The van der Waals surface area contributed by atoms with E-state index in [9.17, 15) is 8.78 Å². The number of rotatable bonds is 3. The summed E-state index contributed by atoms with van der Waals surface area (Å²) in [6.45, 7) is 4.99. The summed E-state index contributed by atoms with van der Waals surface area (Å²) >= 11 is 0. The summed E-state index contributed by atoms with van der Waals surface area (Å²) < 4.78 is 27.6. The molecule has 106 valence electrons. The SMILES string of the molecule is CC1(C)CCC(CN)(Cc2c(F)cccc2F)CC1. The van der Waals surface area contributed by atoms with E-state index in [2.05, 4.69) is 13.8 Å². The fourth-order valence-corrected chi connectivity index (χ4v) is 2.99. The molecule has 0 spiro atoms. The smallest absolute Gasteiger partial charge is 0.129 e. The molecular weight excluding hydrogens is 244 g/mol. The summed E-state index contributed by atoms with van der Waals surface area (Å²) in [4.78, 5) is 0. The summed E-state index contributed by atoms with van der Waals surface area (Å²) in [7, 11) is 0. The van der Waals surface area contributed by atoms with Crippen LogP contribution in [0.5, 0.6) is 0 Å². The van der Waals surface area contributed by atoms with Crippen molar-refractivity contribution in [1.29, 1.82) is 0 Å². The molecule has 0 unspecified atom stereocenters. The molecule has 0 amide bonds. The van der Waals surface area contributed by atoms with Gasteiger partial charge in [-0.15, -0.1) is 0 Å². The maximum absolute atomic E-state index is 13.8. The largest absolute Gasteiger partial charge is 0.330 e. The zero-order chi connectivity index (χ0) is 14.1. The molecule has 0 saturated heterocycles. The molecule has 0 aliphatic heterocycles. The van der Waals surface area contributed by atoms with E-state index in [1.807, 2.05) is 0 Å². The highest BCUT2D eigenvalue weighted by Gasteiger charge is 2.38. The summed E-state index contributed by atoms with van der Waals surface area (Å²) in [5, 5.41) is 0. The summed E-state index contributed by atoms with van der Waals surface area (Å²) in [6.07, 6.45) is 4.45. The number of hydrogen-bond acceptors (Lipinski definition) is 1. The Balaban J connectivity index is 2.20. The minimum atomic E-state index is -0.447. The van der Waals surface area contributed by atoms with Crippen LogP contribution < -0.4 is 5.73 Å². The van der Waals surface area contributed by atoms with Crippen LogP contribution in [0.2, 0.25) is 0 Å². The van der Waals surface area contributed by atoms with E-state index in [1.54, 1.807) is 0 Å². The van der Waals surface area contributed by atoms with E-state index in [4.69, 9.17) is 5.73 Å². The molecule has 0 aromatic heterocycles. The second kappa shape index (κ2) is 5.20. The molecule has 1 fully saturated rings. The lowest BCUT2D eigenvalue weighted by atomic mass is 9.63. The summed E-state index contributed by atoms with van der Waals surface area (Å²) in [5.74, 6) is -0.893. The van der Waals surface area contributed by atoms with Crippen molar-refractivity contribution < 1.29 is 8.78 Å². The molecular formula is C16H23F2N. The number of hydrogen-bond donors (Lipinski definition) is 1.